The van der Waals surface area contributed by atoms with Crippen molar-refractivity contribution in [3.63, 3.8) is 0 Å². The van der Waals surface area contributed by atoms with Gasteiger partial charge in [-0.15, -0.1) is 0 Å². The molecule has 0 aliphatic carbocycles. The monoisotopic (exact) mass is 345 g/mol. The lowest BCUT2D eigenvalue weighted by Crippen LogP contribution is -2.46. The summed E-state index contributed by atoms with van der Waals surface area (Å²) in [4.78, 5) is 37.9. The minimum Gasteiger partial charge on any atom is -0.352 e. The van der Waals surface area contributed by atoms with Gasteiger partial charge in [0, 0.05) is 6.04 Å². The molecule has 2 N–H and O–H groups in total. The van der Waals surface area contributed by atoms with Crippen LogP contribution in [0.3, 0.4) is 0 Å². The Morgan fingerprint density at radius 2 is 1.96 bits per heavy atom. The van der Waals surface area contributed by atoms with E-state index >= 15 is 0 Å². The number of nitrogens with one attached hydrogen (secondary N) is 2. The number of aryl methyl sites for hydroxylation is 1. The molecule has 1 aromatic carbocycles. The maximum absolute atomic E-state index is 12.7. The molecule has 2 atom stereocenters. The number of amides is 4. The molecule has 25 heavy (non-hydrogen) atoms. The van der Waals surface area contributed by atoms with Crippen molar-refractivity contribution >= 4 is 17.8 Å². The normalized spacial score (nSPS) is 21.2. The summed E-state index contributed by atoms with van der Waals surface area (Å²) < 4.78 is 0. The summed E-state index contributed by atoms with van der Waals surface area (Å²) in [7, 11) is 0. The van der Waals surface area contributed by atoms with Gasteiger partial charge in [-0.3, -0.25) is 14.5 Å². The number of rotatable bonds is 8. The topological polar surface area (TPSA) is 78.5 Å². The second-order valence-electron chi connectivity index (χ2n) is 6.90. The quantitative estimate of drug-likeness (QED) is 0.709. The van der Waals surface area contributed by atoms with Gasteiger partial charge < -0.3 is 10.6 Å². The maximum Gasteiger partial charge on any atom is 0.325 e. The standard InChI is InChI=1S/C19H27N3O3/c1-4-8-14(2)20-16(23)13-22-17(24)19(3,21-18(22)25)12-11-15-9-6-5-7-10-15/h5-7,9-10,14H,4,8,11-13H2,1-3H3,(H,20,23)(H,21,25)/t14-,19-/m0/s1. The van der Waals surface area contributed by atoms with Gasteiger partial charge in [0.15, 0.2) is 0 Å². The summed E-state index contributed by atoms with van der Waals surface area (Å²) in [5, 5.41) is 5.56. The maximum atomic E-state index is 12.7. The van der Waals surface area contributed by atoms with E-state index in [2.05, 4.69) is 10.6 Å². The molecule has 0 spiro atoms. The second kappa shape index (κ2) is 8.14. The third kappa shape index (κ3) is 4.81. The molecule has 1 heterocycles. The minimum absolute atomic E-state index is 0.0303. The Labute approximate surface area is 149 Å². The van der Waals surface area contributed by atoms with Crippen LogP contribution in [0.5, 0.6) is 0 Å². The summed E-state index contributed by atoms with van der Waals surface area (Å²) in [6, 6.07) is 9.34. The predicted molar refractivity (Wildman–Crippen MR) is 95.9 cm³/mol. The van der Waals surface area contributed by atoms with Crippen molar-refractivity contribution in [2.24, 2.45) is 0 Å². The lowest BCUT2D eigenvalue weighted by atomic mass is 9.93. The third-order valence-electron chi connectivity index (χ3n) is 4.53. The number of imide groups is 1. The second-order valence-corrected chi connectivity index (χ2v) is 6.90. The average molecular weight is 345 g/mol. The molecule has 6 heteroatoms. The number of carbonyl (C=O) groups excluding carboxylic acids is 3. The Morgan fingerprint density at radius 1 is 1.28 bits per heavy atom. The number of nitrogens with zero attached hydrogens (tertiary/aromatic N) is 1. The summed E-state index contributed by atoms with van der Waals surface area (Å²) in [6.07, 6.45) is 2.99. The highest BCUT2D eigenvalue weighted by Crippen LogP contribution is 2.23. The molecule has 1 aliphatic heterocycles. The lowest BCUT2D eigenvalue weighted by molar-refractivity contribution is -0.134. The first-order valence-corrected chi connectivity index (χ1v) is 8.83. The Morgan fingerprint density at radius 3 is 2.60 bits per heavy atom. The van der Waals surface area contributed by atoms with Crippen LogP contribution in [0, 0.1) is 0 Å². The summed E-state index contributed by atoms with van der Waals surface area (Å²) in [5.41, 5.74) is 0.137. The van der Waals surface area contributed by atoms with Crippen molar-refractivity contribution in [3.8, 4) is 0 Å². The molecule has 0 unspecified atom stereocenters. The largest absolute Gasteiger partial charge is 0.352 e. The van der Waals surface area contributed by atoms with Crippen molar-refractivity contribution in [1.82, 2.24) is 15.5 Å². The van der Waals surface area contributed by atoms with Gasteiger partial charge in [-0.25, -0.2) is 4.79 Å². The molecular weight excluding hydrogens is 318 g/mol. The lowest BCUT2D eigenvalue weighted by Gasteiger charge is -2.22. The first-order chi connectivity index (χ1) is 11.9. The Hall–Kier alpha value is -2.37. The molecule has 1 saturated heterocycles. The molecule has 0 aromatic heterocycles. The average Bonchev–Trinajstić information content (AvgIpc) is 2.78. The first-order valence-electron chi connectivity index (χ1n) is 8.83. The van der Waals surface area contributed by atoms with Crippen LogP contribution in [0.4, 0.5) is 4.79 Å². The van der Waals surface area contributed by atoms with E-state index in [1.165, 1.54) is 0 Å². The van der Waals surface area contributed by atoms with Crippen molar-refractivity contribution < 1.29 is 14.4 Å². The number of hydrogen-bond acceptors (Lipinski definition) is 3. The van der Waals surface area contributed by atoms with E-state index in [0.717, 1.165) is 23.3 Å². The first kappa shape index (κ1) is 19.0. The molecule has 136 valence electrons. The van der Waals surface area contributed by atoms with Crippen molar-refractivity contribution in [2.45, 2.75) is 58.0 Å². The highest BCUT2D eigenvalue weighted by atomic mass is 16.2. The van der Waals surface area contributed by atoms with Crippen LogP contribution in [-0.4, -0.2) is 40.9 Å². The summed E-state index contributed by atoms with van der Waals surface area (Å²) >= 11 is 0. The molecule has 1 aliphatic rings. The molecule has 1 aromatic rings. The van der Waals surface area contributed by atoms with Crippen molar-refractivity contribution in [1.29, 1.82) is 0 Å². The Kier molecular flexibility index (Phi) is 6.17. The number of benzene rings is 1. The zero-order valence-corrected chi connectivity index (χ0v) is 15.2. The van der Waals surface area contributed by atoms with Crippen LogP contribution in [0.2, 0.25) is 0 Å². The van der Waals surface area contributed by atoms with Gasteiger partial charge in [-0.05, 0) is 38.7 Å². The van der Waals surface area contributed by atoms with Crippen LogP contribution in [0.1, 0.15) is 45.6 Å². The van der Waals surface area contributed by atoms with Crippen LogP contribution in [-0.2, 0) is 16.0 Å². The SMILES string of the molecule is CCC[C@H](C)NC(=O)CN1C(=O)N[C@@](C)(CCc2ccccc2)C1=O. The fourth-order valence-corrected chi connectivity index (χ4v) is 3.07. The molecule has 0 bridgehead atoms. The van der Waals surface area contributed by atoms with Crippen LogP contribution < -0.4 is 10.6 Å². The van der Waals surface area contributed by atoms with Gasteiger partial charge in [0.1, 0.15) is 12.1 Å². The van der Waals surface area contributed by atoms with Gasteiger partial charge in [0.05, 0.1) is 0 Å². The van der Waals surface area contributed by atoms with E-state index in [1.54, 1.807) is 6.92 Å². The van der Waals surface area contributed by atoms with E-state index in [1.807, 2.05) is 44.2 Å². The zero-order valence-electron chi connectivity index (χ0n) is 15.2. The number of carbonyl (C=O) groups is 3. The zero-order chi connectivity index (χ0) is 18.4. The molecule has 6 nitrogen and oxygen atoms in total. The van der Waals surface area contributed by atoms with E-state index in [4.69, 9.17) is 0 Å². The Bertz CT molecular complexity index is 632. The smallest absolute Gasteiger partial charge is 0.325 e. The Balaban J connectivity index is 1.95. The fraction of sp³-hybridized carbons (Fsp3) is 0.526. The van der Waals surface area contributed by atoms with E-state index in [9.17, 15) is 14.4 Å². The molecule has 0 saturated carbocycles. The molecule has 2 rings (SSSR count). The summed E-state index contributed by atoms with van der Waals surface area (Å²) in [6.45, 7) is 5.43. The fourth-order valence-electron chi connectivity index (χ4n) is 3.07. The van der Waals surface area contributed by atoms with Crippen molar-refractivity contribution in [2.75, 3.05) is 6.54 Å². The van der Waals surface area contributed by atoms with Crippen LogP contribution in [0.25, 0.3) is 0 Å². The van der Waals surface area contributed by atoms with Gasteiger partial charge in [0.25, 0.3) is 5.91 Å². The molecule has 1 fully saturated rings. The minimum atomic E-state index is -0.970. The summed E-state index contributed by atoms with van der Waals surface area (Å²) in [5.74, 6) is -0.650. The van der Waals surface area contributed by atoms with Gasteiger partial charge in [0.2, 0.25) is 5.91 Å². The highest BCUT2D eigenvalue weighted by molar-refractivity contribution is 6.08. The molecule has 0 radical (unpaired) electrons. The highest BCUT2D eigenvalue weighted by Gasteiger charge is 2.47. The number of urea groups is 1. The number of hydrogen-bond donors (Lipinski definition) is 2. The third-order valence-corrected chi connectivity index (χ3v) is 4.53. The van der Waals surface area contributed by atoms with Gasteiger partial charge in [-0.1, -0.05) is 43.7 Å². The predicted octanol–water partition coefficient (Wildman–Crippen LogP) is 2.23. The van der Waals surface area contributed by atoms with Crippen LogP contribution in [0.15, 0.2) is 30.3 Å². The van der Waals surface area contributed by atoms with E-state index in [-0.39, 0.29) is 24.4 Å². The van der Waals surface area contributed by atoms with E-state index in [0.29, 0.717) is 12.8 Å². The molecular formula is C19H27N3O3. The van der Waals surface area contributed by atoms with Gasteiger partial charge >= 0.3 is 6.03 Å². The van der Waals surface area contributed by atoms with E-state index < -0.39 is 11.6 Å². The van der Waals surface area contributed by atoms with Crippen molar-refractivity contribution in [3.05, 3.63) is 35.9 Å². The van der Waals surface area contributed by atoms with Crippen LogP contribution >= 0.6 is 0 Å². The van der Waals surface area contributed by atoms with Gasteiger partial charge in [-0.2, -0.15) is 0 Å². The molecule has 4 amide bonds.